The molecule has 1 saturated carbocycles. The number of halogens is 2. The molecule has 20 heavy (non-hydrogen) atoms. The summed E-state index contributed by atoms with van der Waals surface area (Å²) in [5.74, 6) is -1.89. The van der Waals surface area contributed by atoms with Crippen LogP contribution in [0.15, 0.2) is 18.2 Å². The minimum Gasteiger partial charge on any atom is -0.370 e. The van der Waals surface area contributed by atoms with Crippen LogP contribution >= 0.6 is 0 Å². The van der Waals surface area contributed by atoms with Crippen molar-refractivity contribution in [3.05, 3.63) is 35.4 Å². The summed E-state index contributed by atoms with van der Waals surface area (Å²) in [6, 6.07) is 3.04. The number of carbonyl (C=O) groups is 1. The fourth-order valence-electron chi connectivity index (χ4n) is 2.77. The first kappa shape index (κ1) is 15.1. The molecule has 110 valence electrons. The van der Waals surface area contributed by atoms with Gasteiger partial charge in [-0.1, -0.05) is 13.8 Å². The average Bonchev–Trinajstić information content (AvgIpc) is 2.39. The van der Waals surface area contributed by atoms with E-state index in [1.54, 1.807) is 0 Å². The minimum atomic E-state index is -0.978. The highest BCUT2D eigenvalue weighted by Crippen LogP contribution is 2.43. The number of methoxy groups -OCH3 is 1. The number of rotatable bonds is 3. The van der Waals surface area contributed by atoms with Crippen molar-refractivity contribution in [2.45, 2.75) is 45.1 Å². The molecule has 0 heterocycles. The maximum absolute atomic E-state index is 13.8. The monoisotopic (exact) mass is 282 g/mol. The van der Waals surface area contributed by atoms with E-state index in [1.807, 2.05) is 0 Å². The van der Waals surface area contributed by atoms with Crippen LogP contribution in [0.4, 0.5) is 8.78 Å². The molecule has 2 rings (SSSR count). The highest BCUT2D eigenvalue weighted by Gasteiger charge is 2.45. The SMILES string of the molecule is COC1(C(=O)c2ccc(F)cc2F)CCC(C)(C)CC1. The third-order valence-corrected chi connectivity index (χ3v) is 4.39. The van der Waals surface area contributed by atoms with Crippen LogP contribution in [0.3, 0.4) is 0 Å². The van der Waals surface area contributed by atoms with Gasteiger partial charge in [0.25, 0.3) is 0 Å². The zero-order valence-corrected chi connectivity index (χ0v) is 12.1. The highest BCUT2D eigenvalue weighted by atomic mass is 19.1. The second-order valence-corrected chi connectivity index (χ2v) is 6.32. The Morgan fingerprint density at radius 3 is 2.25 bits per heavy atom. The molecule has 0 spiro atoms. The Kier molecular flexibility index (Phi) is 3.96. The van der Waals surface area contributed by atoms with Crippen molar-refractivity contribution >= 4 is 5.78 Å². The second-order valence-electron chi connectivity index (χ2n) is 6.32. The van der Waals surface area contributed by atoms with Crippen LogP contribution < -0.4 is 0 Å². The first-order chi connectivity index (χ1) is 9.30. The molecule has 4 heteroatoms. The highest BCUT2D eigenvalue weighted by molar-refractivity contribution is 6.02. The predicted molar refractivity (Wildman–Crippen MR) is 72.7 cm³/mol. The molecular weight excluding hydrogens is 262 g/mol. The summed E-state index contributed by atoms with van der Waals surface area (Å²) in [6.07, 6.45) is 2.81. The zero-order valence-electron chi connectivity index (χ0n) is 12.1. The van der Waals surface area contributed by atoms with E-state index in [0.29, 0.717) is 12.8 Å². The van der Waals surface area contributed by atoms with Crippen molar-refractivity contribution < 1.29 is 18.3 Å². The first-order valence-corrected chi connectivity index (χ1v) is 6.85. The molecule has 0 radical (unpaired) electrons. The molecule has 0 amide bonds. The number of hydrogen-bond acceptors (Lipinski definition) is 2. The van der Waals surface area contributed by atoms with Crippen molar-refractivity contribution in [2.75, 3.05) is 7.11 Å². The van der Waals surface area contributed by atoms with Gasteiger partial charge in [0.1, 0.15) is 17.2 Å². The molecule has 0 saturated heterocycles. The molecule has 0 atom stereocenters. The summed E-state index contributed by atoms with van der Waals surface area (Å²) >= 11 is 0. The molecule has 1 aromatic rings. The first-order valence-electron chi connectivity index (χ1n) is 6.85. The maximum atomic E-state index is 13.8. The van der Waals surface area contributed by atoms with Crippen LogP contribution in [0.25, 0.3) is 0 Å². The molecule has 0 bridgehead atoms. The molecule has 2 nitrogen and oxygen atoms in total. The van der Waals surface area contributed by atoms with Crippen LogP contribution in [-0.4, -0.2) is 18.5 Å². The van der Waals surface area contributed by atoms with E-state index in [1.165, 1.54) is 13.2 Å². The normalized spacial score (nSPS) is 20.6. The number of ketones is 1. The van der Waals surface area contributed by atoms with Gasteiger partial charge in [0.2, 0.25) is 0 Å². The summed E-state index contributed by atoms with van der Waals surface area (Å²) in [7, 11) is 1.48. The second kappa shape index (κ2) is 5.24. The Hall–Kier alpha value is -1.29. The summed E-state index contributed by atoms with van der Waals surface area (Å²) in [5, 5.41) is 0. The number of benzene rings is 1. The van der Waals surface area contributed by atoms with E-state index in [2.05, 4.69) is 13.8 Å². The number of ether oxygens (including phenoxy) is 1. The lowest BCUT2D eigenvalue weighted by molar-refractivity contribution is -0.0385. The van der Waals surface area contributed by atoms with Crippen LogP contribution in [-0.2, 0) is 4.74 Å². The van der Waals surface area contributed by atoms with Gasteiger partial charge >= 0.3 is 0 Å². The lowest BCUT2D eigenvalue weighted by atomic mass is 9.68. The van der Waals surface area contributed by atoms with E-state index >= 15 is 0 Å². The molecule has 1 fully saturated rings. The van der Waals surface area contributed by atoms with Crippen molar-refractivity contribution in [2.24, 2.45) is 5.41 Å². The summed E-state index contributed by atoms with van der Waals surface area (Å²) in [5.41, 5.74) is -0.898. The summed E-state index contributed by atoms with van der Waals surface area (Å²) < 4.78 is 32.2. The Labute approximate surface area is 118 Å². The van der Waals surface area contributed by atoms with Crippen LogP contribution in [0.5, 0.6) is 0 Å². The van der Waals surface area contributed by atoms with Crippen molar-refractivity contribution in [3.63, 3.8) is 0 Å². The van der Waals surface area contributed by atoms with Crippen molar-refractivity contribution in [1.82, 2.24) is 0 Å². The quantitative estimate of drug-likeness (QED) is 0.779. The third-order valence-electron chi connectivity index (χ3n) is 4.39. The van der Waals surface area contributed by atoms with E-state index in [9.17, 15) is 13.6 Å². The average molecular weight is 282 g/mol. The Morgan fingerprint density at radius 2 is 1.75 bits per heavy atom. The van der Waals surface area contributed by atoms with Gasteiger partial charge in [-0.15, -0.1) is 0 Å². The zero-order chi connectivity index (χ0) is 15.0. The standard InChI is InChI=1S/C16H20F2O2/c1-15(2)6-8-16(20-3,9-7-15)14(19)12-5-4-11(17)10-13(12)18/h4-5,10H,6-9H2,1-3H3. The van der Waals surface area contributed by atoms with Gasteiger partial charge < -0.3 is 4.74 Å². The van der Waals surface area contributed by atoms with Crippen LogP contribution in [0, 0.1) is 17.0 Å². The topological polar surface area (TPSA) is 26.3 Å². The van der Waals surface area contributed by atoms with Crippen LogP contribution in [0.1, 0.15) is 49.9 Å². The number of Topliss-reactive ketones (excluding diaryl/α,β-unsaturated/α-hetero) is 1. The van der Waals surface area contributed by atoms with Gasteiger partial charge in [-0.25, -0.2) is 8.78 Å². The molecule has 0 aromatic heterocycles. The van der Waals surface area contributed by atoms with Gasteiger partial charge in [-0.05, 0) is 43.2 Å². The van der Waals surface area contributed by atoms with Gasteiger partial charge in [-0.3, -0.25) is 4.79 Å². The molecule has 1 aliphatic rings. The molecule has 0 N–H and O–H groups in total. The van der Waals surface area contributed by atoms with Gasteiger partial charge in [0.15, 0.2) is 5.78 Å². The largest absolute Gasteiger partial charge is 0.370 e. The third kappa shape index (κ3) is 2.75. The molecule has 0 unspecified atom stereocenters. The van der Waals surface area contributed by atoms with Gasteiger partial charge in [-0.2, -0.15) is 0 Å². The van der Waals surface area contributed by atoms with Crippen molar-refractivity contribution in [1.29, 1.82) is 0 Å². The molecule has 0 aliphatic heterocycles. The summed E-state index contributed by atoms with van der Waals surface area (Å²) in [4.78, 5) is 12.6. The van der Waals surface area contributed by atoms with Crippen molar-refractivity contribution in [3.8, 4) is 0 Å². The Bertz CT molecular complexity index is 513. The molecule has 1 aromatic carbocycles. The summed E-state index contributed by atoms with van der Waals surface area (Å²) in [6.45, 7) is 4.30. The molecule has 1 aliphatic carbocycles. The van der Waals surface area contributed by atoms with E-state index in [-0.39, 0.29) is 16.8 Å². The lowest BCUT2D eigenvalue weighted by Crippen LogP contribution is -2.46. The predicted octanol–water partition coefficient (Wildman–Crippen LogP) is 4.13. The van der Waals surface area contributed by atoms with Gasteiger partial charge in [0, 0.05) is 13.2 Å². The van der Waals surface area contributed by atoms with E-state index in [0.717, 1.165) is 25.0 Å². The van der Waals surface area contributed by atoms with E-state index in [4.69, 9.17) is 4.74 Å². The minimum absolute atomic E-state index is 0.0899. The van der Waals surface area contributed by atoms with Gasteiger partial charge in [0.05, 0.1) is 5.56 Å². The lowest BCUT2D eigenvalue weighted by Gasteiger charge is -2.41. The fourth-order valence-corrected chi connectivity index (χ4v) is 2.77. The maximum Gasteiger partial charge on any atom is 0.197 e. The number of hydrogen-bond donors (Lipinski definition) is 0. The molecular formula is C16H20F2O2. The Morgan fingerprint density at radius 1 is 1.15 bits per heavy atom. The fraction of sp³-hybridized carbons (Fsp3) is 0.562. The van der Waals surface area contributed by atoms with Crippen LogP contribution in [0.2, 0.25) is 0 Å². The number of carbonyl (C=O) groups excluding carboxylic acids is 1. The van der Waals surface area contributed by atoms with E-state index < -0.39 is 17.2 Å². The smallest absolute Gasteiger partial charge is 0.197 e. The Balaban J connectivity index is 2.30.